The van der Waals surface area contributed by atoms with Crippen LogP contribution >= 0.6 is 35.3 Å². The summed E-state index contributed by atoms with van der Waals surface area (Å²) in [5.74, 6) is 0.203. The summed E-state index contributed by atoms with van der Waals surface area (Å²) in [6, 6.07) is 11.1. The number of carbonyl (C=O) groups excluding carboxylic acids is 2. The maximum atomic E-state index is 12.5. The van der Waals surface area contributed by atoms with Crippen LogP contribution in [-0.4, -0.2) is 34.7 Å². The highest BCUT2D eigenvalue weighted by molar-refractivity contribution is 8.26. The van der Waals surface area contributed by atoms with Crippen LogP contribution in [0.1, 0.15) is 11.3 Å². The molecule has 1 saturated heterocycles. The number of rotatable bonds is 7. The Morgan fingerprint density at radius 1 is 1.30 bits per heavy atom. The zero-order valence-electron chi connectivity index (χ0n) is 14.4. The van der Waals surface area contributed by atoms with Gasteiger partial charge in [-0.05, 0) is 29.7 Å². The molecule has 0 atom stereocenters. The first kappa shape index (κ1) is 19.4. The number of amides is 2. The SMILES string of the molecule is COc1ccccc1NNC(=O)CCN1C(=O)C(=Cc2cccs2)SC1=S. The highest BCUT2D eigenvalue weighted by atomic mass is 32.2. The lowest BCUT2D eigenvalue weighted by Crippen LogP contribution is -2.35. The Morgan fingerprint density at radius 2 is 2.11 bits per heavy atom. The van der Waals surface area contributed by atoms with E-state index in [-0.39, 0.29) is 24.8 Å². The standard InChI is InChI=1S/C18H17N3O3S3/c1-24-14-7-3-2-6-13(14)19-20-16(22)8-9-21-17(23)15(27-18(21)25)11-12-5-4-10-26-12/h2-7,10-11,19H,8-9H2,1H3,(H,20,22). The van der Waals surface area contributed by atoms with E-state index in [4.69, 9.17) is 17.0 Å². The molecule has 0 radical (unpaired) electrons. The topological polar surface area (TPSA) is 70.7 Å². The Hall–Kier alpha value is -2.36. The first-order valence-corrected chi connectivity index (χ1v) is 10.2. The van der Waals surface area contributed by atoms with Crippen molar-refractivity contribution in [3.8, 4) is 5.75 Å². The van der Waals surface area contributed by atoms with E-state index in [9.17, 15) is 9.59 Å². The van der Waals surface area contributed by atoms with Gasteiger partial charge in [-0.1, -0.05) is 42.2 Å². The molecule has 9 heteroatoms. The van der Waals surface area contributed by atoms with Gasteiger partial charge in [0, 0.05) is 17.8 Å². The van der Waals surface area contributed by atoms with Crippen LogP contribution in [-0.2, 0) is 9.59 Å². The lowest BCUT2D eigenvalue weighted by atomic mass is 10.3. The van der Waals surface area contributed by atoms with Crippen molar-refractivity contribution in [2.24, 2.45) is 0 Å². The minimum Gasteiger partial charge on any atom is -0.495 e. The minimum atomic E-state index is -0.253. The average molecular weight is 420 g/mol. The monoisotopic (exact) mass is 419 g/mol. The smallest absolute Gasteiger partial charge is 0.266 e. The first-order chi connectivity index (χ1) is 13.1. The van der Waals surface area contributed by atoms with Crippen LogP contribution in [0.25, 0.3) is 6.08 Å². The quantitative estimate of drug-likeness (QED) is 0.407. The second-order valence-corrected chi connectivity index (χ2v) is 8.13. The molecule has 0 spiro atoms. The fourth-order valence-electron chi connectivity index (χ4n) is 2.36. The van der Waals surface area contributed by atoms with E-state index in [1.54, 1.807) is 30.6 Å². The van der Waals surface area contributed by atoms with E-state index in [0.717, 1.165) is 4.88 Å². The molecule has 0 bridgehead atoms. The molecular weight excluding hydrogens is 402 g/mol. The fraction of sp³-hybridized carbons (Fsp3) is 0.167. The molecule has 2 heterocycles. The number of carbonyl (C=O) groups is 2. The second-order valence-electron chi connectivity index (χ2n) is 5.47. The number of thiocarbonyl (C=S) groups is 1. The molecule has 1 aromatic carbocycles. The summed E-state index contributed by atoms with van der Waals surface area (Å²) in [5, 5.41) is 1.95. The summed E-state index contributed by atoms with van der Waals surface area (Å²) in [6.07, 6.45) is 1.95. The molecule has 0 saturated carbocycles. The molecule has 0 unspecified atom stereocenters. The van der Waals surface area contributed by atoms with Crippen molar-refractivity contribution in [1.29, 1.82) is 0 Å². The predicted molar refractivity (Wildman–Crippen MR) is 114 cm³/mol. The maximum Gasteiger partial charge on any atom is 0.266 e. The molecular formula is C18H17N3O3S3. The van der Waals surface area contributed by atoms with Crippen molar-refractivity contribution in [2.75, 3.05) is 19.1 Å². The molecule has 27 heavy (non-hydrogen) atoms. The predicted octanol–water partition coefficient (Wildman–Crippen LogP) is 3.49. The van der Waals surface area contributed by atoms with Gasteiger partial charge in [0.1, 0.15) is 10.1 Å². The molecule has 0 aliphatic carbocycles. The minimum absolute atomic E-state index is 0.126. The number of thiophene rings is 1. The van der Waals surface area contributed by atoms with Crippen molar-refractivity contribution in [2.45, 2.75) is 6.42 Å². The van der Waals surface area contributed by atoms with Gasteiger partial charge in [0.25, 0.3) is 5.91 Å². The van der Waals surface area contributed by atoms with Gasteiger partial charge in [0.15, 0.2) is 0 Å². The van der Waals surface area contributed by atoms with Gasteiger partial charge in [-0.2, -0.15) is 0 Å². The number of benzene rings is 1. The summed E-state index contributed by atoms with van der Waals surface area (Å²) in [7, 11) is 1.56. The summed E-state index contributed by atoms with van der Waals surface area (Å²) < 4.78 is 5.68. The van der Waals surface area contributed by atoms with Crippen LogP contribution < -0.4 is 15.6 Å². The Kier molecular flexibility index (Phi) is 6.49. The fourth-order valence-corrected chi connectivity index (χ4v) is 4.39. The lowest BCUT2D eigenvalue weighted by molar-refractivity contribution is -0.123. The molecule has 140 valence electrons. The van der Waals surface area contributed by atoms with E-state index >= 15 is 0 Å². The van der Waals surface area contributed by atoms with Gasteiger partial charge in [-0.3, -0.25) is 25.3 Å². The van der Waals surface area contributed by atoms with Crippen molar-refractivity contribution >= 4 is 63.2 Å². The molecule has 1 aromatic heterocycles. The number of thioether (sulfide) groups is 1. The van der Waals surface area contributed by atoms with Crippen molar-refractivity contribution < 1.29 is 14.3 Å². The van der Waals surface area contributed by atoms with E-state index in [1.165, 1.54) is 16.7 Å². The number of methoxy groups -OCH3 is 1. The molecule has 2 N–H and O–H groups in total. The number of hydrogen-bond acceptors (Lipinski definition) is 7. The van der Waals surface area contributed by atoms with Crippen molar-refractivity contribution in [3.63, 3.8) is 0 Å². The number of ether oxygens (including phenoxy) is 1. The number of hydrazine groups is 1. The van der Waals surface area contributed by atoms with Gasteiger partial charge in [-0.15, -0.1) is 11.3 Å². The third-order valence-electron chi connectivity index (χ3n) is 3.70. The van der Waals surface area contributed by atoms with Crippen molar-refractivity contribution in [1.82, 2.24) is 10.3 Å². The van der Waals surface area contributed by atoms with Crippen molar-refractivity contribution in [3.05, 3.63) is 51.6 Å². The zero-order valence-corrected chi connectivity index (χ0v) is 16.9. The molecule has 3 rings (SSSR count). The van der Waals surface area contributed by atoms with E-state index in [2.05, 4.69) is 10.9 Å². The third kappa shape index (κ3) is 4.88. The summed E-state index contributed by atoms with van der Waals surface area (Å²) in [4.78, 5) is 27.6. The molecule has 1 fully saturated rings. The van der Waals surface area contributed by atoms with Crippen LogP contribution in [0.3, 0.4) is 0 Å². The van der Waals surface area contributed by atoms with E-state index < -0.39 is 0 Å². The highest BCUT2D eigenvalue weighted by Crippen LogP contribution is 2.33. The number of nitrogens with zero attached hydrogens (tertiary/aromatic N) is 1. The Morgan fingerprint density at radius 3 is 2.85 bits per heavy atom. The van der Waals surface area contributed by atoms with Gasteiger partial charge < -0.3 is 4.74 Å². The van der Waals surface area contributed by atoms with Crippen LogP contribution in [0.5, 0.6) is 5.75 Å². The van der Waals surface area contributed by atoms with Gasteiger partial charge >= 0.3 is 0 Å². The summed E-state index contributed by atoms with van der Waals surface area (Å²) >= 11 is 8.10. The number of para-hydroxylation sites is 2. The van der Waals surface area contributed by atoms with Crippen LogP contribution in [0.4, 0.5) is 5.69 Å². The normalized spacial score (nSPS) is 15.3. The number of nitrogens with one attached hydrogen (secondary N) is 2. The van der Waals surface area contributed by atoms with Gasteiger partial charge in [0.05, 0.1) is 17.7 Å². The Balaban J connectivity index is 1.52. The summed E-state index contributed by atoms with van der Waals surface area (Å²) in [6.45, 7) is 0.228. The first-order valence-electron chi connectivity index (χ1n) is 8.05. The lowest BCUT2D eigenvalue weighted by Gasteiger charge is -2.15. The van der Waals surface area contributed by atoms with Gasteiger partial charge in [-0.25, -0.2) is 0 Å². The average Bonchev–Trinajstić information content (AvgIpc) is 3.27. The van der Waals surface area contributed by atoms with Crippen LogP contribution in [0.2, 0.25) is 0 Å². The Bertz CT molecular complexity index is 881. The summed E-state index contributed by atoms with van der Waals surface area (Å²) in [5.41, 5.74) is 6.08. The largest absolute Gasteiger partial charge is 0.495 e. The third-order valence-corrected chi connectivity index (χ3v) is 5.89. The van der Waals surface area contributed by atoms with E-state index in [0.29, 0.717) is 20.7 Å². The highest BCUT2D eigenvalue weighted by Gasteiger charge is 2.32. The second kappa shape index (κ2) is 9.03. The molecule has 1 aliphatic heterocycles. The Labute approximate surface area is 170 Å². The molecule has 2 aromatic rings. The molecule has 6 nitrogen and oxygen atoms in total. The van der Waals surface area contributed by atoms with Crippen LogP contribution in [0.15, 0.2) is 46.7 Å². The zero-order chi connectivity index (χ0) is 19.2. The van der Waals surface area contributed by atoms with Crippen LogP contribution in [0, 0.1) is 0 Å². The molecule has 1 aliphatic rings. The maximum absolute atomic E-state index is 12.5. The molecule has 2 amide bonds. The number of hydrogen-bond donors (Lipinski definition) is 2. The van der Waals surface area contributed by atoms with E-state index in [1.807, 2.05) is 35.7 Å². The van der Waals surface area contributed by atoms with Gasteiger partial charge in [0.2, 0.25) is 5.91 Å². The number of anilines is 1.